The van der Waals surface area contributed by atoms with Gasteiger partial charge in [-0.05, 0) is 13.3 Å². The largest absolute Gasteiger partial charge is 0.493 e. The second kappa shape index (κ2) is 6.08. The lowest BCUT2D eigenvalue weighted by Crippen LogP contribution is -2.30. The number of rotatable bonds is 4. The summed E-state index contributed by atoms with van der Waals surface area (Å²) in [5, 5.41) is 3.98. The first-order chi connectivity index (χ1) is 11.3. The van der Waals surface area contributed by atoms with Crippen molar-refractivity contribution in [3.63, 3.8) is 0 Å². The molecule has 2 aromatic heterocycles. The number of hydrogen-bond donors (Lipinski definition) is 0. The molecule has 8 heteroatoms. The Hall–Kier alpha value is -2.09. The Kier molecular flexibility index (Phi) is 4.25. The Balaban J connectivity index is 2.12. The highest BCUT2D eigenvalue weighted by Crippen LogP contribution is 2.34. The molecule has 3 heterocycles. The first-order valence-electron chi connectivity index (χ1n) is 7.88. The van der Waals surface area contributed by atoms with E-state index >= 15 is 0 Å². The third-order valence-corrected chi connectivity index (χ3v) is 6.03. The summed E-state index contributed by atoms with van der Waals surface area (Å²) >= 11 is 0. The predicted molar refractivity (Wildman–Crippen MR) is 91.0 cm³/mol. The third kappa shape index (κ3) is 2.98. The molecular formula is C16H21N3O4S. The van der Waals surface area contributed by atoms with Gasteiger partial charge in [0.2, 0.25) is 0 Å². The molecule has 1 unspecified atom stereocenters. The van der Waals surface area contributed by atoms with Crippen LogP contribution >= 0.6 is 0 Å². The van der Waals surface area contributed by atoms with Crippen molar-refractivity contribution in [2.45, 2.75) is 31.6 Å². The molecule has 1 aliphatic rings. The van der Waals surface area contributed by atoms with Crippen LogP contribution in [-0.4, -0.2) is 40.9 Å². The fourth-order valence-electron chi connectivity index (χ4n) is 3.08. The van der Waals surface area contributed by atoms with Crippen LogP contribution in [-0.2, 0) is 29.9 Å². The van der Waals surface area contributed by atoms with Gasteiger partial charge in [-0.15, -0.1) is 0 Å². The molecule has 0 N–H and O–H groups in total. The topological polar surface area (TPSA) is 83.2 Å². The fourth-order valence-corrected chi connectivity index (χ4v) is 4.08. The van der Waals surface area contributed by atoms with Gasteiger partial charge in [0.1, 0.15) is 5.75 Å². The monoisotopic (exact) mass is 351 g/mol. The maximum absolute atomic E-state index is 11.9. The Morgan fingerprint density at radius 2 is 2.12 bits per heavy atom. The first kappa shape index (κ1) is 16.8. The van der Waals surface area contributed by atoms with Crippen LogP contribution in [0.4, 0.5) is 0 Å². The normalized spacial score (nSPS) is 17.5. The minimum atomic E-state index is -3.11. The fraction of sp³-hybridized carbons (Fsp3) is 0.500. The van der Waals surface area contributed by atoms with E-state index in [1.54, 1.807) is 19.4 Å². The second-order valence-electron chi connectivity index (χ2n) is 6.11. The molecule has 3 rings (SSSR count). The zero-order valence-electron chi connectivity index (χ0n) is 14.0. The smallest absolute Gasteiger partial charge is 0.254 e. The molecule has 0 radical (unpaired) electrons. The van der Waals surface area contributed by atoms with Crippen molar-refractivity contribution in [1.29, 1.82) is 0 Å². The number of hydrogen-bond acceptors (Lipinski definition) is 5. The summed E-state index contributed by atoms with van der Waals surface area (Å²) in [6, 6.07) is 1.46. The van der Waals surface area contributed by atoms with Gasteiger partial charge in [0.15, 0.2) is 9.84 Å². The standard InChI is InChI=1S/C16H21N3O4S/c1-4-23-15-8-16(20)18(2)10-13(15)12-9-17-19-6-5-11(7-14(12)19)24(3,21)22/h8-11H,4-7H2,1-3H3. The average Bonchev–Trinajstić information content (AvgIpc) is 2.93. The van der Waals surface area contributed by atoms with E-state index in [1.165, 1.54) is 16.9 Å². The van der Waals surface area contributed by atoms with E-state index in [0.29, 0.717) is 31.7 Å². The maximum Gasteiger partial charge on any atom is 0.254 e. The van der Waals surface area contributed by atoms with Crippen LogP contribution in [0.15, 0.2) is 23.3 Å². The highest BCUT2D eigenvalue weighted by molar-refractivity contribution is 7.91. The van der Waals surface area contributed by atoms with Crippen molar-refractivity contribution in [2.24, 2.45) is 7.05 Å². The number of nitrogens with zero attached hydrogens (tertiary/aromatic N) is 3. The predicted octanol–water partition coefficient (Wildman–Crippen LogP) is 1.01. The minimum Gasteiger partial charge on any atom is -0.493 e. The van der Waals surface area contributed by atoms with E-state index in [2.05, 4.69) is 5.10 Å². The van der Waals surface area contributed by atoms with Crippen LogP contribution in [0, 0.1) is 0 Å². The number of sulfone groups is 1. The lowest BCUT2D eigenvalue weighted by molar-refractivity contribution is 0.340. The van der Waals surface area contributed by atoms with Crippen LogP contribution in [0.5, 0.6) is 5.75 Å². The molecule has 0 fully saturated rings. The number of pyridine rings is 1. The van der Waals surface area contributed by atoms with Crippen LogP contribution < -0.4 is 10.3 Å². The lowest BCUT2D eigenvalue weighted by Gasteiger charge is -2.23. The van der Waals surface area contributed by atoms with E-state index in [-0.39, 0.29) is 5.56 Å². The van der Waals surface area contributed by atoms with Gasteiger partial charge in [-0.3, -0.25) is 9.48 Å². The van der Waals surface area contributed by atoms with Gasteiger partial charge in [-0.1, -0.05) is 0 Å². The highest BCUT2D eigenvalue weighted by atomic mass is 32.2. The number of fused-ring (bicyclic) bond motifs is 1. The van der Waals surface area contributed by atoms with Crippen molar-refractivity contribution in [1.82, 2.24) is 14.3 Å². The summed E-state index contributed by atoms with van der Waals surface area (Å²) in [5.74, 6) is 0.498. The minimum absolute atomic E-state index is 0.155. The zero-order chi connectivity index (χ0) is 17.5. The first-order valence-corrected chi connectivity index (χ1v) is 9.84. The van der Waals surface area contributed by atoms with Crippen molar-refractivity contribution in [3.8, 4) is 16.9 Å². The summed E-state index contributed by atoms with van der Waals surface area (Å²) in [6.45, 7) is 2.87. The molecule has 2 aromatic rings. The van der Waals surface area contributed by atoms with Gasteiger partial charge >= 0.3 is 0 Å². The molecule has 1 aliphatic heterocycles. The van der Waals surface area contributed by atoms with E-state index in [9.17, 15) is 13.2 Å². The summed E-state index contributed by atoms with van der Waals surface area (Å²) in [7, 11) is -1.43. The second-order valence-corrected chi connectivity index (χ2v) is 8.43. The summed E-state index contributed by atoms with van der Waals surface area (Å²) in [6.07, 6.45) is 5.71. The van der Waals surface area contributed by atoms with Crippen LogP contribution in [0.3, 0.4) is 0 Å². The molecule has 0 bridgehead atoms. The highest BCUT2D eigenvalue weighted by Gasteiger charge is 2.30. The molecule has 0 aliphatic carbocycles. The Bertz CT molecular complexity index is 927. The summed E-state index contributed by atoms with van der Waals surface area (Å²) in [5.41, 5.74) is 2.30. The van der Waals surface area contributed by atoms with Crippen molar-refractivity contribution < 1.29 is 13.2 Å². The maximum atomic E-state index is 11.9. The molecule has 0 saturated carbocycles. The van der Waals surface area contributed by atoms with Gasteiger partial charge in [-0.25, -0.2) is 8.42 Å². The van der Waals surface area contributed by atoms with Crippen molar-refractivity contribution >= 4 is 9.84 Å². The Morgan fingerprint density at radius 3 is 2.79 bits per heavy atom. The molecule has 7 nitrogen and oxygen atoms in total. The SMILES string of the molecule is CCOc1cc(=O)n(C)cc1-c1cnn2c1CC(S(C)(=O)=O)CC2. The van der Waals surface area contributed by atoms with E-state index < -0.39 is 15.1 Å². The summed E-state index contributed by atoms with van der Waals surface area (Å²) < 4.78 is 32.8. The number of ether oxygens (including phenoxy) is 1. The number of aromatic nitrogens is 3. The van der Waals surface area contributed by atoms with Crippen LogP contribution in [0.25, 0.3) is 11.1 Å². The Morgan fingerprint density at radius 1 is 1.38 bits per heavy atom. The molecule has 130 valence electrons. The quantitative estimate of drug-likeness (QED) is 0.821. The molecular weight excluding hydrogens is 330 g/mol. The van der Waals surface area contributed by atoms with Crippen molar-refractivity contribution in [3.05, 3.63) is 34.5 Å². The molecule has 0 spiro atoms. The molecule has 0 saturated heterocycles. The van der Waals surface area contributed by atoms with Crippen molar-refractivity contribution in [2.75, 3.05) is 12.9 Å². The van der Waals surface area contributed by atoms with Crippen LogP contribution in [0.2, 0.25) is 0 Å². The van der Waals surface area contributed by atoms with Gasteiger partial charge in [0, 0.05) is 55.4 Å². The molecule has 1 atom stereocenters. The Labute approximate surface area is 140 Å². The molecule has 0 amide bonds. The van der Waals surface area contributed by atoms with Gasteiger partial charge in [0.05, 0.1) is 18.1 Å². The number of aryl methyl sites for hydroxylation is 2. The third-order valence-electron chi connectivity index (χ3n) is 4.42. The molecule has 0 aromatic carbocycles. The van der Waals surface area contributed by atoms with Crippen LogP contribution in [0.1, 0.15) is 19.0 Å². The van der Waals surface area contributed by atoms with Gasteiger partial charge in [-0.2, -0.15) is 5.10 Å². The average molecular weight is 351 g/mol. The molecule has 24 heavy (non-hydrogen) atoms. The zero-order valence-corrected chi connectivity index (χ0v) is 14.8. The van der Waals surface area contributed by atoms with E-state index in [1.807, 2.05) is 11.6 Å². The van der Waals surface area contributed by atoms with E-state index in [4.69, 9.17) is 4.74 Å². The summed E-state index contributed by atoms with van der Waals surface area (Å²) in [4.78, 5) is 11.9. The lowest BCUT2D eigenvalue weighted by atomic mass is 10.0. The van der Waals surface area contributed by atoms with E-state index in [0.717, 1.165) is 16.8 Å². The van der Waals surface area contributed by atoms with Gasteiger partial charge < -0.3 is 9.30 Å². The van der Waals surface area contributed by atoms with Gasteiger partial charge in [0.25, 0.3) is 5.56 Å².